The van der Waals surface area contributed by atoms with Gasteiger partial charge in [0.2, 0.25) is 0 Å². The first-order valence-electron chi connectivity index (χ1n) is 9.48. The Morgan fingerprint density at radius 2 is 1.60 bits per heavy atom. The van der Waals surface area contributed by atoms with Gasteiger partial charge in [-0.05, 0) is 64.5 Å². The highest BCUT2D eigenvalue weighted by Gasteiger charge is 2.15. The number of rotatable bonds is 20. The monoisotopic (exact) mass is 354 g/mol. The largest absolute Gasteiger partial charge is 0.427 e. The van der Waals surface area contributed by atoms with Gasteiger partial charge in [0, 0.05) is 14.2 Å². The van der Waals surface area contributed by atoms with Crippen LogP contribution < -0.4 is 16.7 Å². The number of nitrogens with zero attached hydrogens (tertiary/aromatic N) is 1. The van der Waals surface area contributed by atoms with Gasteiger partial charge in [-0.2, -0.15) is 0 Å². The van der Waals surface area contributed by atoms with Gasteiger partial charge in [0.05, 0.1) is 6.73 Å². The molecule has 0 spiro atoms. The quantitative estimate of drug-likeness (QED) is 0.166. The molecular formula is C15H37B3N4O3. The van der Waals surface area contributed by atoms with Crippen LogP contribution in [0, 0.1) is 0 Å². The molecule has 0 amide bonds. The minimum absolute atomic E-state index is 0.258. The van der Waals surface area contributed by atoms with E-state index < -0.39 is 0 Å². The van der Waals surface area contributed by atoms with Crippen LogP contribution >= 0.6 is 0 Å². The fourth-order valence-electron chi connectivity index (χ4n) is 2.70. The van der Waals surface area contributed by atoms with Gasteiger partial charge < -0.3 is 35.5 Å². The van der Waals surface area contributed by atoms with Gasteiger partial charge in [0.15, 0.2) is 0 Å². The number of unbranched alkanes of at least 4 members (excludes halogenated alkanes) is 3. The highest BCUT2D eigenvalue weighted by Crippen LogP contribution is 2.11. The molecule has 2 radical (unpaired) electrons. The second-order valence-corrected chi connectivity index (χ2v) is 6.13. The van der Waals surface area contributed by atoms with Crippen molar-refractivity contribution in [3.63, 3.8) is 0 Å². The predicted molar refractivity (Wildman–Crippen MR) is 107 cm³/mol. The molecule has 0 rings (SSSR count). The van der Waals surface area contributed by atoms with Crippen LogP contribution in [0.15, 0.2) is 0 Å². The minimum atomic E-state index is 0.258. The lowest BCUT2D eigenvalue weighted by Gasteiger charge is -2.20. The number of nitrogens with two attached hydrogens (primary N) is 2. The summed E-state index contributed by atoms with van der Waals surface area (Å²) in [4.78, 5) is 2.23. The lowest BCUT2D eigenvalue weighted by atomic mass is 9.59. The molecule has 0 heterocycles. The molecular weight excluding hydrogens is 317 g/mol. The fraction of sp³-hybridized carbons (Fsp3) is 1.00. The third-order valence-electron chi connectivity index (χ3n) is 4.01. The lowest BCUT2D eigenvalue weighted by molar-refractivity contribution is 0.320. The molecule has 0 aliphatic carbocycles. The predicted octanol–water partition coefficient (Wildman–Crippen LogP) is 0.463. The zero-order valence-corrected chi connectivity index (χ0v) is 16.3. The fourth-order valence-corrected chi connectivity index (χ4v) is 2.70. The van der Waals surface area contributed by atoms with Crippen molar-refractivity contribution in [2.24, 2.45) is 11.5 Å². The molecule has 7 nitrogen and oxygen atoms in total. The first kappa shape index (κ1) is 24.9. The maximum Gasteiger partial charge on any atom is 0.398 e. The molecule has 0 aliphatic rings. The molecule has 0 aromatic heterocycles. The summed E-state index contributed by atoms with van der Waals surface area (Å²) in [5, 5.41) is 3.10. The molecule has 5 N–H and O–H groups in total. The van der Waals surface area contributed by atoms with Gasteiger partial charge in [0.1, 0.15) is 0 Å². The Labute approximate surface area is 156 Å². The third-order valence-corrected chi connectivity index (χ3v) is 4.01. The molecule has 10 heteroatoms. The van der Waals surface area contributed by atoms with E-state index in [4.69, 9.17) is 25.4 Å². The van der Waals surface area contributed by atoms with Crippen LogP contribution in [0.4, 0.5) is 0 Å². The van der Waals surface area contributed by atoms with Crippen molar-refractivity contribution >= 4 is 22.2 Å². The zero-order valence-electron chi connectivity index (χ0n) is 16.3. The summed E-state index contributed by atoms with van der Waals surface area (Å²) in [6, 6.07) is 0. The van der Waals surface area contributed by atoms with Gasteiger partial charge in [0.25, 0.3) is 6.92 Å². The van der Waals surface area contributed by atoms with Crippen molar-refractivity contribution in [2.75, 3.05) is 47.1 Å². The number of hydrogen-bond donors (Lipinski definition) is 3. The SMILES string of the molecule is CO[B]NCCCCB(CCCCN([B]OC)CCCCN)OCN. The van der Waals surface area contributed by atoms with E-state index in [-0.39, 0.29) is 6.92 Å². The van der Waals surface area contributed by atoms with Crippen LogP contribution in [0.3, 0.4) is 0 Å². The molecule has 0 atom stereocenters. The molecule has 0 saturated carbocycles. The van der Waals surface area contributed by atoms with Gasteiger partial charge in [-0.15, -0.1) is 0 Å². The topological polar surface area (TPSA) is 95.0 Å². The van der Waals surface area contributed by atoms with Crippen molar-refractivity contribution in [2.45, 2.75) is 51.2 Å². The zero-order chi connectivity index (χ0) is 18.6. The van der Waals surface area contributed by atoms with Gasteiger partial charge in [-0.25, -0.2) is 0 Å². The van der Waals surface area contributed by atoms with Crippen LogP contribution in [-0.2, 0) is 14.0 Å². The lowest BCUT2D eigenvalue weighted by Crippen LogP contribution is -2.32. The molecule has 0 aromatic carbocycles. The molecule has 0 aromatic rings. The van der Waals surface area contributed by atoms with Crippen LogP contribution in [0.1, 0.15) is 38.5 Å². The number of nitrogens with one attached hydrogen (secondary N) is 1. The van der Waals surface area contributed by atoms with Crippen LogP contribution in [0.2, 0.25) is 12.6 Å². The Morgan fingerprint density at radius 1 is 0.920 bits per heavy atom. The Morgan fingerprint density at radius 3 is 2.20 bits per heavy atom. The maximum atomic E-state index is 5.67. The second-order valence-electron chi connectivity index (χ2n) is 6.13. The molecule has 0 aliphatic heterocycles. The van der Waals surface area contributed by atoms with Crippen LogP contribution in [-0.4, -0.2) is 74.1 Å². The molecule has 0 fully saturated rings. The Kier molecular flexibility index (Phi) is 20.2. The van der Waals surface area contributed by atoms with E-state index >= 15 is 0 Å². The van der Waals surface area contributed by atoms with Crippen molar-refractivity contribution < 1.29 is 14.0 Å². The average Bonchev–Trinajstić information content (AvgIpc) is 2.61. The van der Waals surface area contributed by atoms with Gasteiger partial charge in [-0.1, -0.05) is 12.8 Å². The van der Waals surface area contributed by atoms with E-state index in [0.29, 0.717) is 6.73 Å². The first-order chi connectivity index (χ1) is 12.3. The average molecular weight is 354 g/mol. The third kappa shape index (κ3) is 17.1. The summed E-state index contributed by atoms with van der Waals surface area (Å²) in [5.41, 5.74) is 11.1. The van der Waals surface area contributed by atoms with Crippen molar-refractivity contribution in [1.29, 1.82) is 0 Å². The first-order valence-corrected chi connectivity index (χ1v) is 9.48. The molecule has 0 bridgehead atoms. The molecule has 144 valence electrons. The maximum absolute atomic E-state index is 5.67. The standard InChI is InChI=1S/C15H37B3N4O3/c1-23-16-21-12-6-3-9-18(25-15-20)10-4-7-13-22(17-24-2)14-8-5-11-19/h21H,3-15,19-20H2,1-2H3. The Hall–Kier alpha value is -0.0852. The van der Waals surface area contributed by atoms with E-state index in [2.05, 4.69) is 10.0 Å². The molecule has 0 saturated heterocycles. The minimum Gasteiger partial charge on any atom is -0.427 e. The normalized spacial score (nSPS) is 11.1. The van der Waals surface area contributed by atoms with E-state index in [9.17, 15) is 0 Å². The van der Waals surface area contributed by atoms with Gasteiger partial charge in [-0.3, -0.25) is 0 Å². The summed E-state index contributed by atoms with van der Waals surface area (Å²) in [6.07, 6.45) is 8.73. The Balaban J connectivity index is 3.80. The van der Waals surface area contributed by atoms with Crippen molar-refractivity contribution in [3.8, 4) is 0 Å². The molecule has 0 unspecified atom stereocenters. The summed E-state index contributed by atoms with van der Waals surface area (Å²) < 4.78 is 15.7. The summed E-state index contributed by atoms with van der Waals surface area (Å²) in [6.45, 7) is 4.23. The van der Waals surface area contributed by atoms with E-state index in [1.807, 2.05) is 7.62 Å². The Bertz CT molecular complexity index is 272. The van der Waals surface area contributed by atoms with Crippen LogP contribution in [0.5, 0.6) is 0 Å². The van der Waals surface area contributed by atoms with E-state index in [1.165, 1.54) is 0 Å². The highest BCUT2D eigenvalue weighted by molar-refractivity contribution is 6.51. The summed E-state index contributed by atoms with van der Waals surface area (Å²) >= 11 is 0. The second kappa shape index (κ2) is 20.2. The highest BCUT2D eigenvalue weighted by atomic mass is 16.4. The van der Waals surface area contributed by atoms with E-state index in [1.54, 1.807) is 21.8 Å². The summed E-state index contributed by atoms with van der Waals surface area (Å²) in [5.74, 6) is 0. The van der Waals surface area contributed by atoms with Crippen molar-refractivity contribution in [3.05, 3.63) is 0 Å². The smallest absolute Gasteiger partial charge is 0.398 e. The van der Waals surface area contributed by atoms with E-state index in [0.717, 1.165) is 77.3 Å². The van der Waals surface area contributed by atoms with Gasteiger partial charge >= 0.3 is 15.2 Å². The molecule has 25 heavy (non-hydrogen) atoms. The summed E-state index contributed by atoms with van der Waals surface area (Å²) in [7, 11) is 6.76. The number of hydrogen-bond acceptors (Lipinski definition) is 7. The van der Waals surface area contributed by atoms with Crippen LogP contribution in [0.25, 0.3) is 0 Å². The van der Waals surface area contributed by atoms with Crippen molar-refractivity contribution in [1.82, 2.24) is 10.0 Å².